The van der Waals surface area contributed by atoms with E-state index in [1.54, 1.807) is 6.33 Å². The van der Waals surface area contributed by atoms with E-state index in [4.69, 9.17) is 0 Å². The molecule has 2 heterocycles. The zero-order chi connectivity index (χ0) is 14.1. The number of imidazole rings is 1. The minimum atomic E-state index is 0. The predicted molar refractivity (Wildman–Crippen MR) is 84.9 cm³/mol. The summed E-state index contributed by atoms with van der Waals surface area (Å²) in [6.45, 7) is 6.04. The van der Waals surface area contributed by atoms with Gasteiger partial charge in [0, 0.05) is 24.5 Å². The third-order valence-corrected chi connectivity index (χ3v) is 3.68. The second kappa shape index (κ2) is 6.18. The Bertz CT molecular complexity index is 640. The smallest absolute Gasteiger partial charge is 0.324 e. The van der Waals surface area contributed by atoms with Gasteiger partial charge < -0.3 is 9.88 Å². The summed E-state index contributed by atoms with van der Waals surface area (Å²) in [4.78, 5) is 23.4. The molecule has 1 aliphatic heterocycles. The van der Waals surface area contributed by atoms with E-state index in [-0.39, 0.29) is 18.4 Å². The van der Waals surface area contributed by atoms with Gasteiger partial charge in [0.15, 0.2) is 0 Å². The van der Waals surface area contributed by atoms with Gasteiger partial charge in [0.25, 0.3) is 0 Å². The summed E-state index contributed by atoms with van der Waals surface area (Å²) in [5.41, 5.74) is 4.09. The summed E-state index contributed by atoms with van der Waals surface area (Å²) in [5.74, 6) is 0. The second-order valence-corrected chi connectivity index (χ2v) is 5.17. The minimum absolute atomic E-state index is 0. The van der Waals surface area contributed by atoms with Crippen molar-refractivity contribution in [3.8, 4) is 0 Å². The Morgan fingerprint density at radius 1 is 1.29 bits per heavy atom. The molecule has 1 aliphatic rings. The molecule has 2 aromatic rings. The first-order valence-electron chi connectivity index (χ1n) is 6.77. The normalized spacial score (nSPS) is 14.5. The first-order chi connectivity index (χ1) is 9.65. The fourth-order valence-electron chi connectivity index (χ4n) is 2.49. The number of rotatable bonds is 3. The van der Waals surface area contributed by atoms with Gasteiger partial charge in [-0.3, -0.25) is 4.90 Å². The van der Waals surface area contributed by atoms with Crippen LogP contribution in [0, 0.1) is 13.8 Å². The maximum atomic E-state index is 12.5. The van der Waals surface area contributed by atoms with Gasteiger partial charge in [-0.25, -0.2) is 9.78 Å². The molecule has 0 unspecified atom stereocenters. The Balaban J connectivity index is 0.00000161. The number of anilines is 1. The largest absolute Gasteiger partial charge is 0.348 e. The van der Waals surface area contributed by atoms with E-state index in [1.165, 1.54) is 0 Å². The molecular formula is C15H19ClN4O. The highest BCUT2D eigenvalue weighted by atomic mass is 35.5. The van der Waals surface area contributed by atoms with E-state index in [9.17, 15) is 4.79 Å². The summed E-state index contributed by atoms with van der Waals surface area (Å²) >= 11 is 0. The van der Waals surface area contributed by atoms with Gasteiger partial charge in [-0.05, 0) is 31.5 Å². The molecule has 1 N–H and O–H groups in total. The molecule has 1 fully saturated rings. The van der Waals surface area contributed by atoms with Crippen LogP contribution in [0.2, 0.25) is 0 Å². The number of nitrogens with zero attached hydrogens (tertiary/aromatic N) is 3. The van der Waals surface area contributed by atoms with Crippen LogP contribution >= 0.6 is 12.4 Å². The van der Waals surface area contributed by atoms with Crippen molar-refractivity contribution >= 4 is 24.1 Å². The highest BCUT2D eigenvalue weighted by Crippen LogP contribution is 2.22. The summed E-state index contributed by atoms with van der Waals surface area (Å²) < 4.78 is 0. The first kappa shape index (κ1) is 15.4. The fraction of sp³-hybridized carbons (Fsp3) is 0.333. The minimum Gasteiger partial charge on any atom is -0.348 e. The lowest BCUT2D eigenvalue weighted by Gasteiger charge is -2.18. The molecule has 6 heteroatoms. The lowest BCUT2D eigenvalue weighted by molar-refractivity contribution is 0.218. The molecule has 1 aromatic carbocycles. The summed E-state index contributed by atoms with van der Waals surface area (Å²) in [6, 6.07) is 8.10. The number of benzene rings is 1. The molecular weight excluding hydrogens is 288 g/mol. The van der Waals surface area contributed by atoms with Crippen molar-refractivity contribution in [3.63, 3.8) is 0 Å². The number of aryl methyl sites for hydroxylation is 2. The van der Waals surface area contributed by atoms with Crippen molar-refractivity contribution in [2.75, 3.05) is 18.0 Å². The first-order valence-corrected chi connectivity index (χ1v) is 6.77. The summed E-state index contributed by atoms with van der Waals surface area (Å²) in [7, 11) is 0. The summed E-state index contributed by atoms with van der Waals surface area (Å²) in [6.07, 6.45) is 1.67. The average Bonchev–Trinajstić information content (AvgIpc) is 2.98. The number of carbonyl (C=O) groups is 1. The Hall–Kier alpha value is -2.01. The van der Waals surface area contributed by atoms with Crippen LogP contribution in [0.1, 0.15) is 17.0 Å². The predicted octanol–water partition coefficient (Wildman–Crippen LogP) is 2.89. The Labute approximate surface area is 130 Å². The van der Waals surface area contributed by atoms with Gasteiger partial charge in [0.05, 0.1) is 18.6 Å². The topological polar surface area (TPSA) is 52.2 Å². The second-order valence-electron chi connectivity index (χ2n) is 5.17. The lowest BCUT2D eigenvalue weighted by Crippen LogP contribution is -2.31. The van der Waals surface area contributed by atoms with Crippen molar-refractivity contribution in [2.45, 2.75) is 20.4 Å². The summed E-state index contributed by atoms with van der Waals surface area (Å²) in [5, 5.41) is 0. The molecule has 0 radical (unpaired) electrons. The van der Waals surface area contributed by atoms with Crippen molar-refractivity contribution in [1.82, 2.24) is 14.9 Å². The number of hydrogen-bond acceptors (Lipinski definition) is 2. The number of nitrogens with one attached hydrogen (secondary N) is 1. The zero-order valence-electron chi connectivity index (χ0n) is 12.2. The Kier molecular flexibility index (Phi) is 4.53. The molecule has 2 amide bonds. The number of halogens is 1. The van der Waals surface area contributed by atoms with Crippen molar-refractivity contribution in [1.29, 1.82) is 0 Å². The molecule has 1 aromatic heterocycles. The molecule has 3 rings (SSSR count). The van der Waals surface area contributed by atoms with Crippen LogP contribution in [0.5, 0.6) is 0 Å². The molecule has 21 heavy (non-hydrogen) atoms. The standard InChI is InChI=1S/C15H18N4O.ClH/c1-11-4-3-5-13(8-11)19-7-6-18(15(19)20)9-14-12(2)16-10-17-14;/h3-5,8,10H,6-7,9H2,1-2H3,(H,16,17);1H. The van der Waals surface area contributed by atoms with Crippen LogP contribution in [0.4, 0.5) is 10.5 Å². The lowest BCUT2D eigenvalue weighted by atomic mass is 10.2. The molecule has 0 atom stereocenters. The van der Waals surface area contributed by atoms with E-state index < -0.39 is 0 Å². The van der Waals surface area contributed by atoms with Gasteiger partial charge in [0.1, 0.15) is 0 Å². The van der Waals surface area contributed by atoms with Crippen molar-refractivity contribution < 1.29 is 4.79 Å². The number of H-pyrrole nitrogens is 1. The molecule has 0 aliphatic carbocycles. The Morgan fingerprint density at radius 2 is 2.10 bits per heavy atom. The number of urea groups is 1. The van der Waals surface area contributed by atoms with Crippen molar-refractivity contribution in [3.05, 3.63) is 47.5 Å². The van der Waals surface area contributed by atoms with E-state index in [0.717, 1.165) is 35.7 Å². The highest BCUT2D eigenvalue weighted by molar-refractivity contribution is 5.94. The quantitative estimate of drug-likeness (QED) is 0.948. The van der Waals surface area contributed by atoms with E-state index in [2.05, 4.69) is 9.97 Å². The van der Waals surface area contributed by atoms with Crippen LogP contribution in [-0.2, 0) is 6.54 Å². The van der Waals surface area contributed by atoms with Crippen LogP contribution in [0.3, 0.4) is 0 Å². The van der Waals surface area contributed by atoms with Crippen LogP contribution < -0.4 is 4.90 Å². The maximum Gasteiger partial charge on any atom is 0.324 e. The van der Waals surface area contributed by atoms with Gasteiger partial charge >= 0.3 is 6.03 Å². The molecule has 0 spiro atoms. The zero-order valence-corrected chi connectivity index (χ0v) is 13.0. The van der Waals surface area contributed by atoms with Crippen LogP contribution in [0.25, 0.3) is 0 Å². The number of amides is 2. The van der Waals surface area contributed by atoms with Gasteiger partial charge in [-0.1, -0.05) is 12.1 Å². The third kappa shape index (κ3) is 3.03. The van der Waals surface area contributed by atoms with Gasteiger partial charge in [0.2, 0.25) is 0 Å². The van der Waals surface area contributed by atoms with Crippen LogP contribution in [-0.4, -0.2) is 34.0 Å². The maximum absolute atomic E-state index is 12.5. The molecule has 0 saturated carbocycles. The van der Waals surface area contributed by atoms with Crippen molar-refractivity contribution in [2.24, 2.45) is 0 Å². The fourth-order valence-corrected chi connectivity index (χ4v) is 2.49. The third-order valence-electron chi connectivity index (χ3n) is 3.68. The molecule has 112 valence electrons. The average molecular weight is 307 g/mol. The van der Waals surface area contributed by atoms with E-state index in [1.807, 2.05) is 47.9 Å². The van der Waals surface area contributed by atoms with Gasteiger partial charge in [-0.15, -0.1) is 12.4 Å². The highest BCUT2D eigenvalue weighted by Gasteiger charge is 2.30. The molecule has 5 nitrogen and oxygen atoms in total. The SMILES string of the molecule is Cc1cccc(N2CCN(Cc3nc[nH]c3C)C2=O)c1.Cl. The number of aromatic nitrogens is 2. The number of aromatic amines is 1. The van der Waals surface area contributed by atoms with Gasteiger partial charge in [-0.2, -0.15) is 0 Å². The van der Waals surface area contributed by atoms with E-state index in [0.29, 0.717) is 6.54 Å². The monoisotopic (exact) mass is 306 g/mol. The molecule has 0 bridgehead atoms. The Morgan fingerprint density at radius 3 is 2.76 bits per heavy atom. The number of carbonyl (C=O) groups excluding carboxylic acids is 1. The van der Waals surface area contributed by atoms with E-state index >= 15 is 0 Å². The molecule has 1 saturated heterocycles. The number of hydrogen-bond donors (Lipinski definition) is 1. The van der Waals surface area contributed by atoms with Crippen LogP contribution in [0.15, 0.2) is 30.6 Å².